The Kier molecular flexibility index (Phi) is 4.63. The van der Waals surface area contributed by atoms with Gasteiger partial charge in [0.1, 0.15) is 18.0 Å². The summed E-state index contributed by atoms with van der Waals surface area (Å²) >= 11 is 0. The van der Waals surface area contributed by atoms with E-state index in [4.69, 9.17) is 0 Å². The second-order valence-electron chi connectivity index (χ2n) is 6.95. The Morgan fingerprint density at radius 2 is 1.52 bits per heavy atom. The smallest absolute Gasteiger partial charge is 0.225 e. The summed E-state index contributed by atoms with van der Waals surface area (Å²) in [6.45, 7) is 8.17. The molecule has 4 rings (SSSR count). The van der Waals surface area contributed by atoms with Crippen molar-refractivity contribution in [2.24, 2.45) is 5.92 Å². The SMILES string of the molecule is CC1CCCN(c2cc(N3CCN(c4ncccn4)CC3)ncn2)C1. The molecule has 0 aliphatic carbocycles. The lowest BCUT2D eigenvalue weighted by molar-refractivity contribution is 0.444. The first-order valence-corrected chi connectivity index (χ1v) is 9.13. The van der Waals surface area contributed by atoms with Gasteiger partial charge in [-0.3, -0.25) is 0 Å². The molecule has 2 fully saturated rings. The van der Waals surface area contributed by atoms with Crippen molar-refractivity contribution < 1.29 is 0 Å². The fourth-order valence-electron chi connectivity index (χ4n) is 3.67. The molecule has 132 valence electrons. The van der Waals surface area contributed by atoms with Crippen LogP contribution in [-0.2, 0) is 0 Å². The first-order chi connectivity index (χ1) is 12.3. The largest absolute Gasteiger partial charge is 0.356 e. The van der Waals surface area contributed by atoms with Gasteiger partial charge in [-0.25, -0.2) is 19.9 Å². The van der Waals surface area contributed by atoms with Crippen LogP contribution in [0.2, 0.25) is 0 Å². The van der Waals surface area contributed by atoms with Crippen LogP contribution < -0.4 is 14.7 Å². The van der Waals surface area contributed by atoms with Gasteiger partial charge in [0, 0.05) is 57.7 Å². The van der Waals surface area contributed by atoms with Crippen LogP contribution in [0.25, 0.3) is 0 Å². The average Bonchev–Trinajstić information content (AvgIpc) is 2.69. The van der Waals surface area contributed by atoms with E-state index in [1.165, 1.54) is 12.8 Å². The minimum Gasteiger partial charge on any atom is -0.356 e. The van der Waals surface area contributed by atoms with Crippen LogP contribution in [0.3, 0.4) is 0 Å². The third-order valence-electron chi connectivity index (χ3n) is 5.06. The molecule has 0 radical (unpaired) electrons. The first-order valence-electron chi connectivity index (χ1n) is 9.13. The van der Waals surface area contributed by atoms with Gasteiger partial charge in [-0.05, 0) is 24.8 Å². The highest BCUT2D eigenvalue weighted by molar-refractivity contribution is 5.51. The highest BCUT2D eigenvalue weighted by atomic mass is 15.3. The molecule has 7 nitrogen and oxygen atoms in total. The Hall–Kier alpha value is -2.44. The molecule has 0 aromatic carbocycles. The number of rotatable bonds is 3. The van der Waals surface area contributed by atoms with Crippen molar-refractivity contribution in [3.8, 4) is 0 Å². The van der Waals surface area contributed by atoms with E-state index in [-0.39, 0.29) is 0 Å². The maximum atomic E-state index is 4.51. The van der Waals surface area contributed by atoms with Crippen molar-refractivity contribution in [2.45, 2.75) is 19.8 Å². The molecule has 4 heterocycles. The van der Waals surface area contributed by atoms with Gasteiger partial charge < -0.3 is 14.7 Å². The molecule has 7 heteroatoms. The van der Waals surface area contributed by atoms with Gasteiger partial charge in [0.25, 0.3) is 0 Å². The van der Waals surface area contributed by atoms with Gasteiger partial charge in [-0.2, -0.15) is 0 Å². The molecule has 25 heavy (non-hydrogen) atoms. The summed E-state index contributed by atoms with van der Waals surface area (Å²) < 4.78 is 0. The van der Waals surface area contributed by atoms with Crippen LogP contribution in [0, 0.1) is 5.92 Å². The molecule has 2 aromatic heterocycles. The minimum absolute atomic E-state index is 0.738. The van der Waals surface area contributed by atoms with Gasteiger partial charge in [0.15, 0.2) is 0 Å². The van der Waals surface area contributed by atoms with Crippen LogP contribution in [0.1, 0.15) is 19.8 Å². The normalized spacial score (nSPS) is 21.5. The van der Waals surface area contributed by atoms with Crippen molar-refractivity contribution in [3.05, 3.63) is 30.9 Å². The van der Waals surface area contributed by atoms with E-state index in [0.717, 1.165) is 62.8 Å². The zero-order valence-corrected chi connectivity index (χ0v) is 14.8. The van der Waals surface area contributed by atoms with Gasteiger partial charge in [-0.15, -0.1) is 0 Å². The highest BCUT2D eigenvalue weighted by Crippen LogP contribution is 2.24. The fourth-order valence-corrected chi connectivity index (χ4v) is 3.67. The first kappa shape index (κ1) is 16.1. The maximum Gasteiger partial charge on any atom is 0.225 e. The Labute approximate surface area is 148 Å². The van der Waals surface area contributed by atoms with E-state index in [9.17, 15) is 0 Å². The molecule has 0 bridgehead atoms. The molecule has 1 atom stereocenters. The summed E-state index contributed by atoms with van der Waals surface area (Å²) in [5, 5.41) is 0. The third kappa shape index (κ3) is 3.65. The van der Waals surface area contributed by atoms with E-state index in [0.29, 0.717) is 0 Å². The van der Waals surface area contributed by atoms with Crippen molar-refractivity contribution in [1.29, 1.82) is 0 Å². The van der Waals surface area contributed by atoms with Gasteiger partial charge in [-0.1, -0.05) is 6.92 Å². The average molecular weight is 339 g/mol. The predicted molar refractivity (Wildman–Crippen MR) is 99.1 cm³/mol. The number of aromatic nitrogens is 4. The Bertz CT molecular complexity index is 685. The summed E-state index contributed by atoms with van der Waals surface area (Å²) in [5.41, 5.74) is 0. The molecule has 0 amide bonds. The molecular weight excluding hydrogens is 314 g/mol. The Morgan fingerprint density at radius 3 is 2.24 bits per heavy atom. The standard InChI is InChI=1S/C18H25N7/c1-15-4-2-7-25(13-15)17-12-16(21-14-22-17)23-8-10-24(11-9-23)18-19-5-3-6-20-18/h3,5-6,12,14-15H,2,4,7-11,13H2,1H3. The lowest BCUT2D eigenvalue weighted by Gasteiger charge is -2.36. The fraction of sp³-hybridized carbons (Fsp3) is 0.556. The molecule has 0 saturated carbocycles. The van der Waals surface area contributed by atoms with E-state index in [1.54, 1.807) is 18.7 Å². The molecule has 0 N–H and O–H groups in total. The molecule has 0 spiro atoms. The molecule has 2 aromatic rings. The minimum atomic E-state index is 0.738. The van der Waals surface area contributed by atoms with E-state index >= 15 is 0 Å². The number of piperazine rings is 1. The zero-order chi connectivity index (χ0) is 17.1. The number of hydrogen-bond donors (Lipinski definition) is 0. The van der Waals surface area contributed by atoms with Crippen LogP contribution in [0.4, 0.5) is 17.6 Å². The summed E-state index contributed by atoms with van der Waals surface area (Å²) in [6, 6.07) is 4.00. The highest BCUT2D eigenvalue weighted by Gasteiger charge is 2.22. The van der Waals surface area contributed by atoms with Gasteiger partial charge in [0.2, 0.25) is 5.95 Å². The van der Waals surface area contributed by atoms with Gasteiger partial charge >= 0.3 is 0 Å². The molecule has 2 aliphatic heterocycles. The Morgan fingerprint density at radius 1 is 0.840 bits per heavy atom. The Balaban J connectivity index is 1.42. The number of hydrogen-bond acceptors (Lipinski definition) is 7. The summed E-state index contributed by atoms with van der Waals surface area (Å²) in [6.07, 6.45) is 7.86. The van der Waals surface area contributed by atoms with E-state index < -0.39 is 0 Å². The second kappa shape index (κ2) is 7.21. The van der Waals surface area contributed by atoms with Crippen molar-refractivity contribution in [1.82, 2.24) is 19.9 Å². The summed E-state index contributed by atoms with van der Waals surface area (Å²) in [7, 11) is 0. The topological polar surface area (TPSA) is 61.3 Å². The van der Waals surface area contributed by atoms with Crippen molar-refractivity contribution in [3.63, 3.8) is 0 Å². The van der Waals surface area contributed by atoms with E-state index in [2.05, 4.69) is 47.6 Å². The summed E-state index contributed by atoms with van der Waals surface area (Å²) in [4.78, 5) is 24.7. The quantitative estimate of drug-likeness (QED) is 0.845. The molecule has 2 aliphatic rings. The lowest BCUT2D eigenvalue weighted by atomic mass is 10.0. The number of nitrogens with zero attached hydrogens (tertiary/aromatic N) is 7. The van der Waals surface area contributed by atoms with Crippen molar-refractivity contribution >= 4 is 17.6 Å². The van der Waals surface area contributed by atoms with Crippen LogP contribution in [-0.4, -0.2) is 59.2 Å². The second-order valence-corrected chi connectivity index (χ2v) is 6.95. The monoisotopic (exact) mass is 339 g/mol. The van der Waals surface area contributed by atoms with Crippen LogP contribution >= 0.6 is 0 Å². The lowest BCUT2D eigenvalue weighted by Crippen LogP contribution is -2.47. The van der Waals surface area contributed by atoms with Crippen LogP contribution in [0.5, 0.6) is 0 Å². The maximum absolute atomic E-state index is 4.51. The van der Waals surface area contributed by atoms with Crippen molar-refractivity contribution in [2.75, 3.05) is 54.0 Å². The molecular formula is C18H25N7. The molecule has 2 saturated heterocycles. The van der Waals surface area contributed by atoms with Gasteiger partial charge in [0.05, 0.1) is 0 Å². The van der Waals surface area contributed by atoms with E-state index in [1.807, 2.05) is 6.07 Å². The summed E-state index contributed by atoms with van der Waals surface area (Å²) in [5.74, 6) is 3.64. The zero-order valence-electron chi connectivity index (χ0n) is 14.8. The predicted octanol–water partition coefficient (Wildman–Crippen LogP) is 1.83. The third-order valence-corrected chi connectivity index (χ3v) is 5.06. The molecule has 1 unspecified atom stereocenters. The number of anilines is 3. The van der Waals surface area contributed by atoms with Crippen LogP contribution in [0.15, 0.2) is 30.9 Å². The number of piperidine rings is 1.